The minimum atomic E-state index is -2.88. The maximum Gasteiger partial charge on any atom is 0.150 e. The maximum atomic E-state index is 11.0. The zero-order valence-electron chi connectivity index (χ0n) is 7.16. The van der Waals surface area contributed by atoms with Crippen LogP contribution in [-0.2, 0) is 9.84 Å². The van der Waals surface area contributed by atoms with Crippen LogP contribution in [0.5, 0.6) is 0 Å². The van der Waals surface area contributed by atoms with E-state index < -0.39 is 15.9 Å². The third-order valence-corrected chi connectivity index (χ3v) is 4.01. The van der Waals surface area contributed by atoms with Crippen molar-refractivity contribution < 1.29 is 13.5 Å². The van der Waals surface area contributed by atoms with Crippen molar-refractivity contribution >= 4 is 9.84 Å². The lowest BCUT2D eigenvalue weighted by molar-refractivity contribution is 0.154. The summed E-state index contributed by atoms with van der Waals surface area (Å²) in [4.78, 5) is 0. The second-order valence-electron chi connectivity index (χ2n) is 3.45. The van der Waals surface area contributed by atoms with E-state index in [1.165, 1.54) is 0 Å². The van der Waals surface area contributed by atoms with Gasteiger partial charge in [0.05, 0.1) is 17.6 Å². The Labute approximate surface area is 73.0 Å². The zero-order valence-corrected chi connectivity index (χ0v) is 7.97. The van der Waals surface area contributed by atoms with E-state index in [4.69, 9.17) is 0 Å². The fourth-order valence-electron chi connectivity index (χ4n) is 1.48. The predicted molar refractivity (Wildman–Crippen MR) is 47.6 cm³/mol. The van der Waals surface area contributed by atoms with Gasteiger partial charge in [-0.1, -0.05) is 12.2 Å². The molecule has 1 saturated heterocycles. The molecule has 1 fully saturated rings. The Kier molecular flexibility index (Phi) is 2.58. The van der Waals surface area contributed by atoms with Crippen LogP contribution in [-0.4, -0.2) is 31.1 Å². The Morgan fingerprint density at radius 2 is 2.25 bits per heavy atom. The molecule has 0 spiro atoms. The molecule has 70 valence electrons. The van der Waals surface area contributed by atoms with Crippen molar-refractivity contribution in [1.82, 2.24) is 0 Å². The van der Waals surface area contributed by atoms with Gasteiger partial charge < -0.3 is 5.11 Å². The van der Waals surface area contributed by atoms with Crippen molar-refractivity contribution in [1.29, 1.82) is 0 Å². The molecule has 0 amide bonds. The van der Waals surface area contributed by atoms with Crippen molar-refractivity contribution in [2.75, 3.05) is 11.5 Å². The predicted octanol–water partition coefficient (Wildman–Crippen LogP) is 0.358. The Bertz CT molecular complexity index is 279. The molecular weight excluding hydrogens is 176 g/mol. The summed E-state index contributed by atoms with van der Waals surface area (Å²) in [7, 11) is -2.88. The van der Waals surface area contributed by atoms with Crippen molar-refractivity contribution in [3.63, 3.8) is 0 Å². The molecule has 0 saturated carbocycles. The summed E-state index contributed by atoms with van der Waals surface area (Å²) in [5.74, 6) is 0.191. The molecule has 12 heavy (non-hydrogen) atoms. The van der Waals surface area contributed by atoms with Gasteiger partial charge in [0, 0.05) is 5.92 Å². The molecule has 1 aliphatic heterocycles. The number of rotatable bonds is 2. The highest BCUT2D eigenvalue weighted by Crippen LogP contribution is 2.24. The van der Waals surface area contributed by atoms with Crippen LogP contribution in [0, 0.1) is 5.92 Å². The highest BCUT2D eigenvalue weighted by molar-refractivity contribution is 7.91. The van der Waals surface area contributed by atoms with Gasteiger partial charge in [-0.15, -0.1) is 0 Å². The summed E-state index contributed by atoms with van der Waals surface area (Å²) in [6.07, 6.45) is -0.0848. The van der Waals surface area contributed by atoms with Gasteiger partial charge in [-0.25, -0.2) is 8.42 Å². The first-order valence-electron chi connectivity index (χ1n) is 3.96. The lowest BCUT2D eigenvalue weighted by atomic mass is 9.97. The zero-order chi connectivity index (χ0) is 9.35. The van der Waals surface area contributed by atoms with Crippen LogP contribution in [0.4, 0.5) is 0 Å². The summed E-state index contributed by atoms with van der Waals surface area (Å²) < 4.78 is 22.1. The number of aliphatic hydroxyl groups is 1. The van der Waals surface area contributed by atoms with Gasteiger partial charge in [0.2, 0.25) is 0 Å². The van der Waals surface area contributed by atoms with E-state index in [0.717, 1.165) is 0 Å². The highest BCUT2D eigenvalue weighted by atomic mass is 32.2. The van der Waals surface area contributed by atoms with Gasteiger partial charge in [-0.3, -0.25) is 0 Å². The summed E-state index contributed by atoms with van der Waals surface area (Å²) in [5, 5.41) is 9.49. The molecule has 1 heterocycles. The second kappa shape index (κ2) is 3.18. The van der Waals surface area contributed by atoms with Crippen molar-refractivity contribution in [2.45, 2.75) is 19.4 Å². The number of sulfone groups is 1. The van der Waals surface area contributed by atoms with Gasteiger partial charge in [-0.2, -0.15) is 0 Å². The molecule has 1 aliphatic rings. The standard InChI is InChI=1S/C8H14O3S/c1-6(2)8(9)7-3-4-12(10,11)5-7/h7-9H,1,3-5H2,2H3. The fourth-order valence-corrected chi connectivity index (χ4v) is 3.30. The molecule has 0 aliphatic carbocycles. The van der Waals surface area contributed by atoms with Crippen molar-refractivity contribution in [3.8, 4) is 0 Å². The normalized spacial score (nSPS) is 30.0. The first-order valence-corrected chi connectivity index (χ1v) is 5.78. The largest absolute Gasteiger partial charge is 0.388 e. The minimum Gasteiger partial charge on any atom is -0.388 e. The summed E-state index contributed by atoms with van der Waals surface area (Å²) >= 11 is 0. The lowest BCUT2D eigenvalue weighted by Gasteiger charge is -2.15. The molecule has 0 aromatic rings. The van der Waals surface area contributed by atoms with E-state index >= 15 is 0 Å². The van der Waals surface area contributed by atoms with E-state index in [1.807, 2.05) is 0 Å². The van der Waals surface area contributed by atoms with Crippen LogP contribution in [0.3, 0.4) is 0 Å². The lowest BCUT2D eigenvalue weighted by Crippen LogP contribution is -2.22. The van der Waals surface area contributed by atoms with Crippen LogP contribution >= 0.6 is 0 Å². The molecule has 0 aromatic carbocycles. The topological polar surface area (TPSA) is 54.4 Å². The first kappa shape index (κ1) is 9.74. The van der Waals surface area contributed by atoms with Crippen LogP contribution < -0.4 is 0 Å². The van der Waals surface area contributed by atoms with Crippen LogP contribution in [0.15, 0.2) is 12.2 Å². The van der Waals surface area contributed by atoms with Crippen LogP contribution in [0.1, 0.15) is 13.3 Å². The molecule has 4 heteroatoms. The van der Waals surface area contributed by atoms with E-state index in [-0.39, 0.29) is 17.4 Å². The Balaban J connectivity index is 2.64. The molecule has 0 bridgehead atoms. The van der Waals surface area contributed by atoms with E-state index in [2.05, 4.69) is 6.58 Å². The Morgan fingerprint density at radius 1 is 1.67 bits per heavy atom. The molecule has 2 atom stereocenters. The smallest absolute Gasteiger partial charge is 0.150 e. The number of aliphatic hydroxyl groups excluding tert-OH is 1. The Hall–Kier alpha value is -0.350. The molecule has 1 N–H and O–H groups in total. The van der Waals surface area contributed by atoms with E-state index in [9.17, 15) is 13.5 Å². The highest BCUT2D eigenvalue weighted by Gasteiger charge is 2.32. The Morgan fingerprint density at radius 3 is 2.58 bits per heavy atom. The average molecular weight is 190 g/mol. The number of hydrogen-bond acceptors (Lipinski definition) is 3. The van der Waals surface area contributed by atoms with Gasteiger partial charge in [0.15, 0.2) is 9.84 Å². The van der Waals surface area contributed by atoms with Gasteiger partial charge in [-0.05, 0) is 13.3 Å². The van der Waals surface area contributed by atoms with Crippen LogP contribution in [0.25, 0.3) is 0 Å². The monoisotopic (exact) mass is 190 g/mol. The van der Waals surface area contributed by atoms with Crippen LogP contribution in [0.2, 0.25) is 0 Å². The molecule has 0 radical (unpaired) electrons. The molecular formula is C8H14O3S. The van der Waals surface area contributed by atoms with Crippen molar-refractivity contribution in [3.05, 3.63) is 12.2 Å². The second-order valence-corrected chi connectivity index (χ2v) is 5.68. The van der Waals surface area contributed by atoms with Crippen molar-refractivity contribution in [2.24, 2.45) is 5.92 Å². The van der Waals surface area contributed by atoms with E-state index in [1.54, 1.807) is 6.92 Å². The summed E-state index contributed by atoms with van der Waals surface area (Å²) in [5.41, 5.74) is 0.650. The number of hydrogen-bond donors (Lipinski definition) is 1. The first-order chi connectivity index (χ1) is 5.42. The molecule has 0 aromatic heterocycles. The minimum absolute atomic E-state index is 0.112. The van der Waals surface area contributed by atoms with Gasteiger partial charge in [0.25, 0.3) is 0 Å². The van der Waals surface area contributed by atoms with E-state index in [0.29, 0.717) is 12.0 Å². The molecule has 3 nitrogen and oxygen atoms in total. The fraction of sp³-hybridized carbons (Fsp3) is 0.750. The average Bonchev–Trinajstić information content (AvgIpc) is 2.28. The van der Waals surface area contributed by atoms with Gasteiger partial charge >= 0.3 is 0 Å². The SMILES string of the molecule is C=C(C)C(O)C1CCS(=O)(=O)C1. The third kappa shape index (κ3) is 2.08. The van der Waals surface area contributed by atoms with Gasteiger partial charge in [0.1, 0.15) is 0 Å². The molecule has 1 rings (SSSR count). The quantitative estimate of drug-likeness (QED) is 0.640. The maximum absolute atomic E-state index is 11.0. The third-order valence-electron chi connectivity index (χ3n) is 2.22. The summed E-state index contributed by atoms with van der Waals surface area (Å²) in [6, 6.07) is 0. The summed E-state index contributed by atoms with van der Waals surface area (Å²) in [6.45, 7) is 5.32. The molecule has 2 unspecified atom stereocenters.